The van der Waals surface area contributed by atoms with Gasteiger partial charge in [-0.25, -0.2) is 9.99 Å². The topological polar surface area (TPSA) is 28.2 Å². The summed E-state index contributed by atoms with van der Waals surface area (Å²) in [6, 6.07) is 3.90. The van der Waals surface area contributed by atoms with Gasteiger partial charge in [-0.2, -0.15) is 0 Å². The van der Waals surface area contributed by atoms with E-state index in [1.807, 2.05) is 12.1 Å². The van der Waals surface area contributed by atoms with Crippen LogP contribution in [0.25, 0.3) is 0 Å². The van der Waals surface area contributed by atoms with Crippen LogP contribution >= 0.6 is 12.6 Å². The van der Waals surface area contributed by atoms with Gasteiger partial charge in [-0.1, -0.05) is 6.42 Å². The Bertz CT molecular complexity index is 280. The molecule has 76 valence electrons. The third-order valence-corrected chi connectivity index (χ3v) is 2.64. The van der Waals surface area contributed by atoms with Crippen molar-refractivity contribution < 1.29 is 0 Å². The molecule has 4 heteroatoms. The van der Waals surface area contributed by atoms with Gasteiger partial charge in [0.1, 0.15) is 5.82 Å². The Labute approximate surface area is 89.9 Å². The van der Waals surface area contributed by atoms with Gasteiger partial charge in [0, 0.05) is 24.2 Å². The molecule has 0 spiro atoms. The van der Waals surface area contributed by atoms with Gasteiger partial charge >= 0.3 is 0 Å². The maximum Gasteiger partial charge on any atom is 0.140 e. The number of hydrazine groups is 1. The maximum absolute atomic E-state index is 4.24. The van der Waals surface area contributed by atoms with Crippen molar-refractivity contribution in [2.75, 3.05) is 18.5 Å². The molecule has 1 saturated heterocycles. The van der Waals surface area contributed by atoms with Gasteiger partial charge < -0.3 is 5.43 Å². The van der Waals surface area contributed by atoms with Crippen LogP contribution in [0, 0.1) is 0 Å². The van der Waals surface area contributed by atoms with Crippen molar-refractivity contribution in [3.63, 3.8) is 0 Å². The quantitative estimate of drug-likeness (QED) is 0.731. The summed E-state index contributed by atoms with van der Waals surface area (Å²) in [6.45, 7) is 2.23. The summed E-state index contributed by atoms with van der Waals surface area (Å²) < 4.78 is 0. The summed E-state index contributed by atoms with van der Waals surface area (Å²) in [5, 5.41) is 2.23. The van der Waals surface area contributed by atoms with E-state index < -0.39 is 0 Å². The third kappa shape index (κ3) is 2.62. The van der Waals surface area contributed by atoms with Crippen LogP contribution in [0.15, 0.2) is 23.2 Å². The molecule has 0 unspecified atom stereocenters. The number of aromatic nitrogens is 1. The predicted molar refractivity (Wildman–Crippen MR) is 60.5 cm³/mol. The fourth-order valence-corrected chi connectivity index (χ4v) is 1.75. The van der Waals surface area contributed by atoms with Crippen molar-refractivity contribution >= 4 is 18.4 Å². The smallest absolute Gasteiger partial charge is 0.140 e. The molecule has 1 fully saturated rings. The van der Waals surface area contributed by atoms with Crippen LogP contribution in [0.2, 0.25) is 0 Å². The highest BCUT2D eigenvalue weighted by atomic mass is 32.1. The summed E-state index contributed by atoms with van der Waals surface area (Å²) in [5.41, 5.74) is 3.30. The highest BCUT2D eigenvalue weighted by Crippen LogP contribution is 2.12. The molecule has 0 amide bonds. The Balaban J connectivity index is 1.92. The van der Waals surface area contributed by atoms with E-state index in [0.29, 0.717) is 0 Å². The molecule has 0 radical (unpaired) electrons. The summed E-state index contributed by atoms with van der Waals surface area (Å²) in [7, 11) is 0. The average Bonchev–Trinajstić information content (AvgIpc) is 2.23. The molecule has 0 aliphatic carbocycles. The normalized spacial score (nSPS) is 18.1. The molecule has 0 bridgehead atoms. The average molecular weight is 209 g/mol. The molecule has 0 aromatic carbocycles. The lowest BCUT2D eigenvalue weighted by Gasteiger charge is -2.27. The van der Waals surface area contributed by atoms with Gasteiger partial charge in [0.15, 0.2) is 0 Å². The molecule has 1 N–H and O–H groups in total. The first-order valence-electron chi connectivity index (χ1n) is 5.01. The van der Waals surface area contributed by atoms with Crippen LogP contribution < -0.4 is 5.43 Å². The number of hydrogen-bond acceptors (Lipinski definition) is 4. The number of thiol groups is 1. The van der Waals surface area contributed by atoms with Crippen molar-refractivity contribution in [3.05, 3.63) is 18.3 Å². The number of hydrogen-bond donors (Lipinski definition) is 2. The van der Waals surface area contributed by atoms with Gasteiger partial charge in [0.25, 0.3) is 0 Å². The number of nitrogens with one attached hydrogen (secondary N) is 1. The monoisotopic (exact) mass is 209 g/mol. The van der Waals surface area contributed by atoms with Gasteiger partial charge in [-0.05, 0) is 25.0 Å². The Morgan fingerprint density at radius 1 is 1.21 bits per heavy atom. The van der Waals surface area contributed by atoms with Crippen molar-refractivity contribution in [2.24, 2.45) is 0 Å². The second-order valence-corrected chi connectivity index (χ2v) is 4.08. The van der Waals surface area contributed by atoms with Crippen LogP contribution in [0.3, 0.4) is 0 Å². The first-order valence-corrected chi connectivity index (χ1v) is 5.46. The van der Waals surface area contributed by atoms with E-state index in [4.69, 9.17) is 0 Å². The van der Waals surface area contributed by atoms with E-state index in [0.717, 1.165) is 23.8 Å². The minimum absolute atomic E-state index is 0.897. The third-order valence-electron chi connectivity index (χ3n) is 2.38. The molecule has 1 aliphatic rings. The minimum atomic E-state index is 0.897. The molecule has 1 aliphatic heterocycles. The molecule has 0 atom stereocenters. The zero-order valence-electron chi connectivity index (χ0n) is 8.11. The molecule has 3 nitrogen and oxygen atoms in total. The highest BCUT2D eigenvalue weighted by Gasteiger charge is 2.09. The zero-order chi connectivity index (χ0) is 9.80. The van der Waals surface area contributed by atoms with E-state index in [9.17, 15) is 0 Å². The molecule has 1 aromatic rings. The number of anilines is 1. The SMILES string of the molecule is Sc1ccc(NN2CCCCC2)nc1. The molecule has 1 aromatic heterocycles. The zero-order valence-corrected chi connectivity index (χ0v) is 9.00. The van der Waals surface area contributed by atoms with Crippen molar-refractivity contribution in [2.45, 2.75) is 24.2 Å². The molecule has 2 rings (SSSR count). The summed E-state index contributed by atoms with van der Waals surface area (Å²) in [6.07, 6.45) is 5.66. The van der Waals surface area contributed by atoms with Crippen LogP contribution in [0.5, 0.6) is 0 Å². The number of rotatable bonds is 2. The summed E-state index contributed by atoms with van der Waals surface area (Å²) in [5.74, 6) is 0.907. The largest absolute Gasteiger partial charge is 0.303 e. The molecule has 14 heavy (non-hydrogen) atoms. The van der Waals surface area contributed by atoms with Crippen LogP contribution in [-0.4, -0.2) is 23.1 Å². The highest BCUT2D eigenvalue weighted by molar-refractivity contribution is 7.80. The summed E-state index contributed by atoms with van der Waals surface area (Å²) in [4.78, 5) is 5.14. The molecule has 0 saturated carbocycles. The van der Waals surface area contributed by atoms with Crippen LogP contribution in [0.4, 0.5) is 5.82 Å². The predicted octanol–water partition coefficient (Wildman–Crippen LogP) is 2.18. The fraction of sp³-hybridized carbons (Fsp3) is 0.500. The van der Waals surface area contributed by atoms with Crippen molar-refractivity contribution in [1.82, 2.24) is 9.99 Å². The second kappa shape index (κ2) is 4.66. The molecule has 2 heterocycles. The van der Waals surface area contributed by atoms with Gasteiger partial charge in [-0.3, -0.25) is 0 Å². The Hall–Kier alpha value is -0.740. The maximum atomic E-state index is 4.24. The Morgan fingerprint density at radius 2 is 2.00 bits per heavy atom. The first kappa shape index (κ1) is 9.80. The number of nitrogens with zero attached hydrogens (tertiary/aromatic N) is 2. The number of pyridine rings is 1. The van der Waals surface area contributed by atoms with Crippen molar-refractivity contribution in [3.8, 4) is 0 Å². The van der Waals surface area contributed by atoms with E-state index in [-0.39, 0.29) is 0 Å². The minimum Gasteiger partial charge on any atom is -0.303 e. The van der Waals surface area contributed by atoms with Gasteiger partial charge in [-0.15, -0.1) is 12.6 Å². The Morgan fingerprint density at radius 3 is 2.64 bits per heavy atom. The molecular weight excluding hydrogens is 194 g/mol. The Kier molecular flexibility index (Phi) is 3.26. The van der Waals surface area contributed by atoms with Gasteiger partial charge in [0.2, 0.25) is 0 Å². The van der Waals surface area contributed by atoms with Crippen LogP contribution in [-0.2, 0) is 0 Å². The van der Waals surface area contributed by atoms with E-state index in [1.54, 1.807) is 6.20 Å². The van der Waals surface area contributed by atoms with Gasteiger partial charge in [0.05, 0.1) is 0 Å². The standard InChI is InChI=1S/C10H15N3S/c14-9-4-5-10(11-8-9)12-13-6-2-1-3-7-13/h4-5,8,14H,1-3,6-7H2,(H,11,12). The lowest BCUT2D eigenvalue weighted by Crippen LogP contribution is -2.35. The van der Waals surface area contributed by atoms with E-state index in [2.05, 4.69) is 28.0 Å². The summed E-state index contributed by atoms with van der Waals surface area (Å²) >= 11 is 4.19. The lowest BCUT2D eigenvalue weighted by atomic mass is 10.2. The second-order valence-electron chi connectivity index (χ2n) is 3.56. The first-order chi connectivity index (χ1) is 6.84. The lowest BCUT2D eigenvalue weighted by molar-refractivity contribution is 0.272. The van der Waals surface area contributed by atoms with E-state index in [1.165, 1.54) is 19.3 Å². The fourth-order valence-electron chi connectivity index (χ4n) is 1.62. The van der Waals surface area contributed by atoms with Crippen molar-refractivity contribution in [1.29, 1.82) is 0 Å². The van der Waals surface area contributed by atoms with Crippen LogP contribution in [0.1, 0.15) is 19.3 Å². The number of piperidine rings is 1. The van der Waals surface area contributed by atoms with E-state index >= 15 is 0 Å². The molecular formula is C10H15N3S.